The van der Waals surface area contributed by atoms with Crippen LogP contribution in [-0.4, -0.2) is 21.1 Å². The van der Waals surface area contributed by atoms with E-state index in [1.807, 2.05) is 36.6 Å². The quantitative estimate of drug-likeness (QED) is 0.314. The van der Waals surface area contributed by atoms with Crippen LogP contribution in [0.1, 0.15) is 16.2 Å². The van der Waals surface area contributed by atoms with Crippen LogP contribution in [-0.2, 0) is 0 Å². The largest absolute Gasteiger partial charge is 0.290 e. The normalized spacial score (nSPS) is 9.83. The number of hydrazine groups is 1. The molecule has 3 aromatic rings. The van der Waals surface area contributed by atoms with Crippen molar-refractivity contribution in [3.8, 4) is 11.4 Å². The molecular formula is C16H15Br2N5O. The van der Waals surface area contributed by atoms with Crippen LogP contribution in [0.4, 0.5) is 0 Å². The molecular weight excluding hydrogens is 438 g/mol. The Morgan fingerprint density at radius 1 is 1.04 bits per heavy atom. The average Bonchev–Trinajstić information content (AvgIpc) is 3.02. The molecule has 24 heavy (non-hydrogen) atoms. The number of nitrogens with one attached hydrogen (secondary N) is 2. The number of H-pyrrole nitrogens is 1. The van der Waals surface area contributed by atoms with Gasteiger partial charge in [-0.05, 0) is 43.3 Å². The van der Waals surface area contributed by atoms with E-state index in [9.17, 15) is 4.79 Å². The van der Waals surface area contributed by atoms with Gasteiger partial charge in [0.1, 0.15) is 5.82 Å². The fourth-order valence-corrected chi connectivity index (χ4v) is 2.28. The van der Waals surface area contributed by atoms with Crippen LogP contribution in [0.2, 0.25) is 0 Å². The zero-order valence-corrected chi connectivity index (χ0v) is 15.9. The van der Waals surface area contributed by atoms with Crippen molar-refractivity contribution in [2.24, 2.45) is 5.84 Å². The lowest BCUT2D eigenvalue weighted by molar-refractivity contribution is 0.0953. The van der Waals surface area contributed by atoms with Gasteiger partial charge in [0.05, 0.1) is 0 Å². The Balaban J connectivity index is 0.000000177. The number of nitrogens with zero attached hydrogens (tertiary/aromatic N) is 2. The van der Waals surface area contributed by atoms with Gasteiger partial charge in [-0.25, -0.2) is 10.8 Å². The monoisotopic (exact) mass is 451 g/mol. The molecule has 0 saturated heterocycles. The Morgan fingerprint density at radius 3 is 2.04 bits per heavy atom. The topological polar surface area (TPSA) is 96.7 Å². The van der Waals surface area contributed by atoms with Crippen molar-refractivity contribution < 1.29 is 4.79 Å². The lowest BCUT2D eigenvalue weighted by Crippen LogP contribution is -2.29. The summed E-state index contributed by atoms with van der Waals surface area (Å²) in [6, 6.07) is 14.8. The molecule has 4 N–H and O–H groups in total. The number of rotatable bonds is 2. The first-order chi connectivity index (χ1) is 11.5. The van der Waals surface area contributed by atoms with E-state index < -0.39 is 0 Å². The Labute approximate surface area is 156 Å². The number of carbonyl (C=O) groups is 1. The predicted molar refractivity (Wildman–Crippen MR) is 100 cm³/mol. The van der Waals surface area contributed by atoms with Crippen molar-refractivity contribution in [2.75, 3.05) is 0 Å². The van der Waals surface area contributed by atoms with E-state index in [-0.39, 0.29) is 5.91 Å². The van der Waals surface area contributed by atoms with Crippen LogP contribution in [0, 0.1) is 6.92 Å². The molecule has 0 aliphatic rings. The number of hydrogen-bond acceptors (Lipinski definition) is 4. The molecule has 0 aliphatic heterocycles. The van der Waals surface area contributed by atoms with Crippen molar-refractivity contribution in [1.82, 2.24) is 20.6 Å². The third-order valence-electron chi connectivity index (χ3n) is 2.94. The summed E-state index contributed by atoms with van der Waals surface area (Å²) in [5.41, 5.74) is 3.62. The zero-order chi connectivity index (χ0) is 17.5. The summed E-state index contributed by atoms with van der Waals surface area (Å²) in [7, 11) is 0. The van der Waals surface area contributed by atoms with Crippen LogP contribution in [0.5, 0.6) is 0 Å². The Kier molecular flexibility index (Phi) is 6.65. The lowest BCUT2D eigenvalue weighted by Gasteiger charge is -1.97. The summed E-state index contributed by atoms with van der Waals surface area (Å²) in [6.45, 7) is 1.88. The first-order valence-electron chi connectivity index (χ1n) is 6.91. The molecule has 0 saturated carbocycles. The van der Waals surface area contributed by atoms with E-state index in [1.54, 1.807) is 24.3 Å². The summed E-state index contributed by atoms with van der Waals surface area (Å²) < 4.78 is 1.99. The minimum absolute atomic E-state index is 0.280. The summed E-state index contributed by atoms with van der Waals surface area (Å²) in [4.78, 5) is 15.1. The second kappa shape index (κ2) is 8.72. The molecule has 0 unspecified atom stereocenters. The van der Waals surface area contributed by atoms with Gasteiger partial charge in [0.2, 0.25) is 0 Å². The van der Waals surface area contributed by atoms with Crippen molar-refractivity contribution in [1.29, 1.82) is 0 Å². The molecule has 0 spiro atoms. The number of halogens is 2. The molecule has 2 aromatic carbocycles. The summed E-state index contributed by atoms with van der Waals surface area (Å²) >= 11 is 6.63. The SMILES string of the molecule is Cc1nc(-c2ccc(Br)cc2)n[nH]1.NNC(=O)c1ccc(Br)cc1. The number of amides is 1. The van der Waals surface area contributed by atoms with Crippen molar-refractivity contribution in [3.63, 3.8) is 0 Å². The smallest absolute Gasteiger partial charge is 0.265 e. The number of benzene rings is 2. The van der Waals surface area contributed by atoms with Crippen LogP contribution in [0.25, 0.3) is 11.4 Å². The second-order valence-corrected chi connectivity index (χ2v) is 6.56. The molecule has 3 rings (SSSR count). The number of nitrogens with two attached hydrogens (primary N) is 1. The predicted octanol–water partition coefficient (Wildman–Crippen LogP) is 3.60. The third kappa shape index (κ3) is 5.26. The minimum atomic E-state index is -0.280. The number of carbonyl (C=O) groups excluding carboxylic acids is 1. The third-order valence-corrected chi connectivity index (χ3v) is 3.99. The maximum absolute atomic E-state index is 10.9. The maximum atomic E-state index is 10.9. The Bertz CT molecular complexity index is 800. The van der Waals surface area contributed by atoms with Crippen LogP contribution < -0.4 is 11.3 Å². The van der Waals surface area contributed by atoms with Gasteiger partial charge in [-0.3, -0.25) is 15.3 Å². The van der Waals surface area contributed by atoms with Gasteiger partial charge in [-0.15, -0.1) is 0 Å². The molecule has 8 heteroatoms. The second-order valence-electron chi connectivity index (χ2n) is 4.73. The molecule has 0 atom stereocenters. The van der Waals surface area contributed by atoms with Gasteiger partial charge < -0.3 is 0 Å². The number of hydrogen-bond donors (Lipinski definition) is 3. The fraction of sp³-hybridized carbons (Fsp3) is 0.0625. The molecule has 0 fully saturated rings. The number of aromatic nitrogens is 3. The van der Waals surface area contributed by atoms with Gasteiger partial charge in [-0.1, -0.05) is 44.0 Å². The van der Waals surface area contributed by atoms with Crippen molar-refractivity contribution >= 4 is 37.8 Å². The first-order valence-corrected chi connectivity index (χ1v) is 8.49. The van der Waals surface area contributed by atoms with E-state index >= 15 is 0 Å². The van der Waals surface area contributed by atoms with Crippen molar-refractivity contribution in [2.45, 2.75) is 6.92 Å². The van der Waals surface area contributed by atoms with Gasteiger partial charge in [0.25, 0.3) is 5.91 Å². The zero-order valence-electron chi connectivity index (χ0n) is 12.8. The standard InChI is InChI=1S/C9H8BrN3.C7H7BrN2O/c1-6-11-9(13-12-6)7-2-4-8(10)5-3-7;8-6-3-1-5(2-4-6)7(11)10-9/h2-5H,1H3,(H,11,12,13);1-4H,9H2,(H,10,11). The highest BCUT2D eigenvalue weighted by atomic mass is 79.9. The van der Waals surface area contributed by atoms with Gasteiger partial charge in [0.15, 0.2) is 5.82 Å². The average molecular weight is 453 g/mol. The Morgan fingerprint density at radius 2 is 1.58 bits per heavy atom. The number of nitrogen functional groups attached to an aromatic ring is 1. The highest BCUT2D eigenvalue weighted by Crippen LogP contribution is 2.17. The molecule has 0 bridgehead atoms. The van der Waals surface area contributed by atoms with Crippen LogP contribution >= 0.6 is 31.9 Å². The number of aryl methyl sites for hydroxylation is 1. The summed E-state index contributed by atoms with van der Waals surface area (Å²) in [5.74, 6) is 6.22. The summed E-state index contributed by atoms with van der Waals surface area (Å²) in [5, 5.41) is 6.87. The van der Waals surface area contributed by atoms with E-state index in [0.717, 1.165) is 26.2 Å². The highest BCUT2D eigenvalue weighted by molar-refractivity contribution is 9.10. The van der Waals surface area contributed by atoms with E-state index in [4.69, 9.17) is 5.84 Å². The van der Waals surface area contributed by atoms with E-state index in [0.29, 0.717) is 5.56 Å². The maximum Gasteiger partial charge on any atom is 0.265 e. The number of aromatic amines is 1. The minimum Gasteiger partial charge on any atom is -0.290 e. The molecule has 124 valence electrons. The summed E-state index contributed by atoms with van der Waals surface area (Å²) in [6.07, 6.45) is 0. The lowest BCUT2D eigenvalue weighted by atomic mass is 10.2. The molecule has 1 heterocycles. The van der Waals surface area contributed by atoms with Gasteiger partial charge in [-0.2, -0.15) is 5.10 Å². The highest BCUT2D eigenvalue weighted by Gasteiger charge is 2.02. The van der Waals surface area contributed by atoms with Crippen LogP contribution in [0.3, 0.4) is 0 Å². The first kappa shape index (κ1) is 18.3. The molecule has 0 aliphatic carbocycles. The fourth-order valence-electron chi connectivity index (χ4n) is 1.76. The molecule has 1 aromatic heterocycles. The van der Waals surface area contributed by atoms with Crippen molar-refractivity contribution in [3.05, 3.63) is 68.9 Å². The van der Waals surface area contributed by atoms with Gasteiger partial charge in [0, 0.05) is 20.1 Å². The Hall–Kier alpha value is -2.03. The molecule has 6 nitrogen and oxygen atoms in total. The van der Waals surface area contributed by atoms with Gasteiger partial charge >= 0.3 is 0 Å². The van der Waals surface area contributed by atoms with Crippen LogP contribution in [0.15, 0.2) is 57.5 Å². The molecule has 0 radical (unpaired) electrons. The van der Waals surface area contributed by atoms with E-state index in [1.165, 1.54) is 0 Å². The molecule has 1 amide bonds. The van der Waals surface area contributed by atoms with E-state index in [2.05, 4.69) is 47.0 Å².